The van der Waals surface area contributed by atoms with Gasteiger partial charge >= 0.3 is 12.0 Å². The third kappa shape index (κ3) is 1.61. The van der Waals surface area contributed by atoms with E-state index in [0.717, 1.165) is 4.90 Å². The molecule has 1 atom stereocenters. The van der Waals surface area contributed by atoms with Crippen molar-refractivity contribution >= 4 is 17.9 Å². The molecule has 0 aromatic carbocycles. The molecular weight excluding hydrogens is 176 g/mol. The van der Waals surface area contributed by atoms with Gasteiger partial charge in [-0.05, 0) is 6.92 Å². The highest BCUT2D eigenvalue weighted by atomic mass is 16.5. The summed E-state index contributed by atoms with van der Waals surface area (Å²) in [5.41, 5.74) is 0. The van der Waals surface area contributed by atoms with E-state index in [2.05, 4.69) is 4.74 Å². The second-order valence-corrected chi connectivity index (χ2v) is 2.56. The Kier molecular flexibility index (Phi) is 2.50. The lowest BCUT2D eigenvalue weighted by molar-refractivity contribution is -0.150. The monoisotopic (exact) mass is 186 g/mol. The third-order valence-corrected chi connectivity index (χ3v) is 1.70. The summed E-state index contributed by atoms with van der Waals surface area (Å²) in [6.07, 6.45) is 0. The number of carbonyl (C=O) groups excluding carboxylic acids is 3. The fourth-order valence-electron chi connectivity index (χ4n) is 1.04. The van der Waals surface area contributed by atoms with Crippen LogP contribution in [0.2, 0.25) is 0 Å². The molecule has 6 heteroatoms. The number of imide groups is 1. The van der Waals surface area contributed by atoms with Crippen LogP contribution < -0.4 is 5.32 Å². The molecule has 6 nitrogen and oxygen atoms in total. The van der Waals surface area contributed by atoms with Crippen molar-refractivity contribution in [2.45, 2.75) is 13.0 Å². The van der Waals surface area contributed by atoms with Crippen molar-refractivity contribution in [1.82, 2.24) is 10.2 Å². The molecule has 3 amide bonds. The fourth-order valence-corrected chi connectivity index (χ4v) is 1.04. The quantitative estimate of drug-likeness (QED) is 0.344. The lowest BCUT2D eigenvalue weighted by Gasteiger charge is -2.13. The number of carbonyl (C=O) groups is 3. The van der Waals surface area contributed by atoms with Crippen molar-refractivity contribution in [3.05, 3.63) is 0 Å². The Morgan fingerprint density at radius 3 is 2.62 bits per heavy atom. The van der Waals surface area contributed by atoms with E-state index in [1.807, 2.05) is 5.32 Å². The van der Waals surface area contributed by atoms with Crippen molar-refractivity contribution < 1.29 is 19.1 Å². The summed E-state index contributed by atoms with van der Waals surface area (Å²) >= 11 is 0. The highest BCUT2D eigenvalue weighted by Gasteiger charge is 2.42. The van der Waals surface area contributed by atoms with Gasteiger partial charge in [-0.25, -0.2) is 9.59 Å². The predicted octanol–water partition coefficient (Wildman–Crippen LogP) is -0.900. The maximum atomic E-state index is 11.1. The Morgan fingerprint density at radius 1 is 1.62 bits per heavy atom. The molecule has 0 aliphatic carbocycles. The van der Waals surface area contributed by atoms with Crippen molar-refractivity contribution in [2.24, 2.45) is 0 Å². The molecule has 1 rings (SSSR count). The average molecular weight is 186 g/mol. The summed E-state index contributed by atoms with van der Waals surface area (Å²) in [5.74, 6) is -1.33. The van der Waals surface area contributed by atoms with E-state index in [-0.39, 0.29) is 6.61 Å². The summed E-state index contributed by atoms with van der Waals surface area (Å²) in [6.45, 7) is 1.82. The number of nitrogens with one attached hydrogen (secondary N) is 1. The standard InChI is InChI=1S/C7H10N2O4/c1-3-13-6(11)4-5(10)8-7(12)9(4)2/h4H,3H2,1-2H3,(H,8,10,12). The van der Waals surface area contributed by atoms with Gasteiger partial charge in [0.25, 0.3) is 5.91 Å². The minimum atomic E-state index is -1.13. The van der Waals surface area contributed by atoms with Gasteiger partial charge in [0.05, 0.1) is 6.61 Å². The Bertz CT molecular complexity index is 263. The molecule has 1 saturated heterocycles. The molecule has 1 fully saturated rings. The van der Waals surface area contributed by atoms with Crippen LogP contribution in [0.3, 0.4) is 0 Å². The van der Waals surface area contributed by atoms with E-state index in [1.165, 1.54) is 7.05 Å². The number of hydrogen-bond acceptors (Lipinski definition) is 4. The molecule has 0 radical (unpaired) electrons. The van der Waals surface area contributed by atoms with Crippen molar-refractivity contribution in [1.29, 1.82) is 0 Å². The van der Waals surface area contributed by atoms with Gasteiger partial charge in [0.15, 0.2) is 0 Å². The maximum absolute atomic E-state index is 11.1. The Balaban J connectivity index is 2.74. The van der Waals surface area contributed by atoms with Gasteiger partial charge < -0.3 is 9.64 Å². The van der Waals surface area contributed by atoms with Crippen LogP contribution in [-0.2, 0) is 14.3 Å². The molecule has 0 bridgehead atoms. The topological polar surface area (TPSA) is 75.7 Å². The number of urea groups is 1. The molecule has 1 aliphatic rings. The first-order valence-electron chi connectivity index (χ1n) is 3.82. The molecule has 0 saturated carbocycles. The minimum absolute atomic E-state index is 0.185. The Morgan fingerprint density at radius 2 is 2.23 bits per heavy atom. The fraction of sp³-hybridized carbons (Fsp3) is 0.571. The zero-order valence-corrected chi connectivity index (χ0v) is 7.36. The summed E-state index contributed by atoms with van der Waals surface area (Å²) in [5, 5.41) is 2.00. The van der Waals surface area contributed by atoms with Crippen LogP contribution in [-0.4, -0.2) is 42.5 Å². The summed E-state index contributed by atoms with van der Waals surface area (Å²) < 4.78 is 4.62. The molecule has 1 heterocycles. The molecular formula is C7H10N2O4. The van der Waals surface area contributed by atoms with E-state index in [9.17, 15) is 14.4 Å². The molecule has 1 N–H and O–H groups in total. The van der Waals surface area contributed by atoms with Crippen molar-refractivity contribution in [2.75, 3.05) is 13.7 Å². The Hall–Kier alpha value is -1.59. The molecule has 1 unspecified atom stereocenters. The smallest absolute Gasteiger partial charge is 0.338 e. The lowest BCUT2D eigenvalue weighted by Crippen LogP contribution is -2.40. The first kappa shape index (κ1) is 9.50. The normalized spacial score (nSPS) is 21.7. The van der Waals surface area contributed by atoms with Gasteiger partial charge in [-0.1, -0.05) is 0 Å². The number of rotatable bonds is 2. The summed E-state index contributed by atoms with van der Waals surface area (Å²) in [6, 6.07) is -1.71. The van der Waals surface area contributed by atoms with Crippen LogP contribution in [0, 0.1) is 0 Å². The van der Waals surface area contributed by atoms with Crippen LogP contribution in [0.25, 0.3) is 0 Å². The second-order valence-electron chi connectivity index (χ2n) is 2.56. The number of esters is 1. The van der Waals surface area contributed by atoms with E-state index < -0.39 is 23.9 Å². The minimum Gasteiger partial charge on any atom is -0.464 e. The highest BCUT2D eigenvalue weighted by molar-refractivity contribution is 6.14. The SMILES string of the molecule is CCOC(=O)C1C(=O)NC(=O)N1C. The van der Waals surface area contributed by atoms with Crippen LogP contribution in [0.4, 0.5) is 4.79 Å². The van der Waals surface area contributed by atoms with Crippen molar-refractivity contribution in [3.8, 4) is 0 Å². The molecule has 0 aromatic rings. The molecule has 0 aromatic heterocycles. The van der Waals surface area contributed by atoms with Crippen LogP contribution in [0.15, 0.2) is 0 Å². The van der Waals surface area contributed by atoms with E-state index in [0.29, 0.717) is 0 Å². The van der Waals surface area contributed by atoms with Crippen LogP contribution >= 0.6 is 0 Å². The van der Waals surface area contributed by atoms with Gasteiger partial charge in [-0.15, -0.1) is 0 Å². The zero-order valence-electron chi connectivity index (χ0n) is 7.36. The third-order valence-electron chi connectivity index (χ3n) is 1.70. The summed E-state index contributed by atoms with van der Waals surface area (Å²) in [4.78, 5) is 34.1. The van der Waals surface area contributed by atoms with Gasteiger partial charge in [0.2, 0.25) is 6.04 Å². The van der Waals surface area contributed by atoms with E-state index in [1.54, 1.807) is 6.92 Å². The second kappa shape index (κ2) is 3.42. The highest BCUT2D eigenvalue weighted by Crippen LogP contribution is 2.06. The lowest BCUT2D eigenvalue weighted by atomic mass is 10.3. The molecule has 13 heavy (non-hydrogen) atoms. The zero-order chi connectivity index (χ0) is 10.0. The van der Waals surface area contributed by atoms with Gasteiger partial charge in [0, 0.05) is 7.05 Å². The number of likely N-dealkylation sites (N-methyl/N-ethyl adjacent to an activating group) is 1. The van der Waals surface area contributed by atoms with Gasteiger partial charge in [0.1, 0.15) is 0 Å². The van der Waals surface area contributed by atoms with E-state index in [4.69, 9.17) is 0 Å². The first-order chi connectivity index (χ1) is 6.07. The average Bonchev–Trinajstić information content (AvgIpc) is 2.27. The first-order valence-corrected chi connectivity index (χ1v) is 3.82. The molecule has 1 aliphatic heterocycles. The van der Waals surface area contributed by atoms with Gasteiger partial charge in [-0.2, -0.15) is 0 Å². The molecule has 0 spiro atoms. The largest absolute Gasteiger partial charge is 0.464 e. The predicted molar refractivity (Wildman–Crippen MR) is 41.7 cm³/mol. The maximum Gasteiger partial charge on any atom is 0.338 e. The number of ether oxygens (including phenoxy) is 1. The number of amides is 3. The van der Waals surface area contributed by atoms with Crippen LogP contribution in [0.1, 0.15) is 6.92 Å². The van der Waals surface area contributed by atoms with Crippen molar-refractivity contribution in [3.63, 3.8) is 0 Å². The van der Waals surface area contributed by atoms with Crippen LogP contribution in [0.5, 0.6) is 0 Å². The van der Waals surface area contributed by atoms with Gasteiger partial charge in [-0.3, -0.25) is 10.1 Å². The number of hydrogen-bond donors (Lipinski definition) is 1. The number of nitrogens with zero attached hydrogens (tertiary/aromatic N) is 1. The Labute approximate surface area is 74.8 Å². The van der Waals surface area contributed by atoms with E-state index >= 15 is 0 Å². The summed E-state index contributed by atoms with van der Waals surface area (Å²) in [7, 11) is 1.36. The molecule has 72 valence electrons.